The molecule has 0 aliphatic carbocycles. The van der Waals surface area contributed by atoms with Gasteiger partial charge in [0.1, 0.15) is 0 Å². The number of hydrogen-bond acceptors (Lipinski definition) is 1. The second kappa shape index (κ2) is 5.38. The molecule has 1 atom stereocenters. The Morgan fingerprint density at radius 1 is 1.64 bits per heavy atom. The smallest absolute Gasteiger partial charge is 0.296 e. The second-order valence-electron chi connectivity index (χ2n) is 2.13. The van der Waals surface area contributed by atoms with Crippen LogP contribution in [0, 0.1) is 24.7 Å². The lowest BCUT2D eigenvalue weighted by Gasteiger charge is -2.07. The molecule has 0 aromatic carbocycles. The molecule has 2 heteroatoms. The van der Waals surface area contributed by atoms with Crippen molar-refractivity contribution >= 4 is 5.91 Å². The summed E-state index contributed by atoms with van der Waals surface area (Å²) in [6.07, 6.45) is 11.7. The van der Waals surface area contributed by atoms with Gasteiger partial charge in [0.15, 0.2) is 0 Å². The minimum atomic E-state index is -0.443. The van der Waals surface area contributed by atoms with Crippen LogP contribution in [-0.2, 0) is 4.79 Å². The molecule has 0 saturated heterocycles. The summed E-state index contributed by atoms with van der Waals surface area (Å²) in [6, 6.07) is -0.219. The van der Waals surface area contributed by atoms with Crippen molar-refractivity contribution in [3.8, 4) is 24.7 Å². The molecule has 0 rings (SSSR count). The number of amides is 1. The van der Waals surface area contributed by atoms with Gasteiger partial charge in [-0.1, -0.05) is 19.3 Å². The van der Waals surface area contributed by atoms with Gasteiger partial charge in [-0.2, -0.15) is 0 Å². The summed E-state index contributed by atoms with van der Waals surface area (Å²) < 4.78 is 0. The van der Waals surface area contributed by atoms with Gasteiger partial charge < -0.3 is 5.32 Å². The van der Waals surface area contributed by atoms with Crippen molar-refractivity contribution in [2.75, 3.05) is 0 Å². The molecular weight excluding hydrogens is 138 g/mol. The zero-order valence-electron chi connectivity index (χ0n) is 6.55. The summed E-state index contributed by atoms with van der Waals surface area (Å²) in [4.78, 5) is 10.6. The van der Waals surface area contributed by atoms with E-state index in [9.17, 15) is 4.79 Å². The third-order valence-corrected chi connectivity index (χ3v) is 1.21. The first-order valence-corrected chi connectivity index (χ1v) is 3.47. The highest BCUT2D eigenvalue weighted by molar-refractivity contribution is 5.93. The van der Waals surface area contributed by atoms with Crippen LogP contribution in [0.2, 0.25) is 0 Å². The molecule has 58 valence electrons. The maximum absolute atomic E-state index is 10.6. The number of hydrogen-bond donors (Lipinski definition) is 1. The predicted molar refractivity (Wildman–Crippen MR) is 44.5 cm³/mol. The first-order valence-electron chi connectivity index (χ1n) is 3.47. The Kier molecular flexibility index (Phi) is 4.69. The lowest BCUT2D eigenvalue weighted by molar-refractivity contribution is -0.116. The van der Waals surface area contributed by atoms with Gasteiger partial charge in [0, 0.05) is 0 Å². The highest BCUT2D eigenvalue weighted by atomic mass is 16.1. The zero-order chi connectivity index (χ0) is 8.69. The van der Waals surface area contributed by atoms with E-state index >= 15 is 0 Å². The van der Waals surface area contributed by atoms with Crippen LogP contribution >= 0.6 is 0 Å². The maximum atomic E-state index is 10.6. The van der Waals surface area contributed by atoms with Crippen LogP contribution in [0.5, 0.6) is 0 Å². The van der Waals surface area contributed by atoms with Crippen LogP contribution in [0.1, 0.15) is 19.8 Å². The van der Waals surface area contributed by atoms with Gasteiger partial charge in [-0.15, -0.1) is 12.8 Å². The van der Waals surface area contributed by atoms with Gasteiger partial charge in [0.05, 0.1) is 6.04 Å². The minimum absolute atomic E-state index is 0.219. The Bertz CT molecular complexity index is 207. The molecule has 0 aromatic rings. The summed E-state index contributed by atoms with van der Waals surface area (Å²) in [6.45, 7) is 1.99. The van der Waals surface area contributed by atoms with Gasteiger partial charge in [0.25, 0.3) is 5.91 Å². The summed E-state index contributed by atoms with van der Waals surface area (Å²) in [5, 5.41) is 2.51. The fourth-order valence-corrected chi connectivity index (χ4v) is 0.686. The molecule has 11 heavy (non-hydrogen) atoms. The van der Waals surface area contributed by atoms with Gasteiger partial charge in [-0.25, -0.2) is 0 Å². The highest BCUT2D eigenvalue weighted by Gasteiger charge is 2.04. The Morgan fingerprint density at radius 2 is 2.27 bits per heavy atom. The van der Waals surface area contributed by atoms with E-state index in [0.717, 1.165) is 12.8 Å². The maximum Gasteiger partial charge on any atom is 0.296 e. The summed E-state index contributed by atoms with van der Waals surface area (Å²) >= 11 is 0. The molecule has 0 saturated carbocycles. The molecule has 0 aromatic heterocycles. The van der Waals surface area contributed by atoms with Gasteiger partial charge in [-0.05, 0) is 12.3 Å². The molecule has 2 nitrogen and oxygen atoms in total. The van der Waals surface area contributed by atoms with E-state index in [1.54, 1.807) is 0 Å². The first kappa shape index (κ1) is 9.59. The van der Waals surface area contributed by atoms with Crippen molar-refractivity contribution in [1.82, 2.24) is 5.32 Å². The van der Waals surface area contributed by atoms with E-state index in [4.69, 9.17) is 12.8 Å². The SMILES string of the molecule is C#CC(=O)NC(C#C)CCC. The monoisotopic (exact) mass is 149 g/mol. The highest BCUT2D eigenvalue weighted by Crippen LogP contribution is 1.93. The molecule has 0 fully saturated rings. The average molecular weight is 149 g/mol. The van der Waals surface area contributed by atoms with Crippen molar-refractivity contribution in [2.45, 2.75) is 25.8 Å². The molecule has 0 bridgehead atoms. The molecule has 0 radical (unpaired) electrons. The Hall–Kier alpha value is -1.41. The number of nitrogens with one attached hydrogen (secondary N) is 1. The number of rotatable bonds is 3. The third kappa shape index (κ3) is 4.06. The van der Waals surface area contributed by atoms with Crippen molar-refractivity contribution in [3.05, 3.63) is 0 Å². The molecular formula is C9H11NO. The fraction of sp³-hybridized carbons (Fsp3) is 0.444. The van der Waals surface area contributed by atoms with Crippen molar-refractivity contribution < 1.29 is 4.79 Å². The lowest BCUT2D eigenvalue weighted by atomic mass is 10.2. The largest absolute Gasteiger partial charge is 0.332 e. The van der Waals surface area contributed by atoms with E-state index in [-0.39, 0.29) is 6.04 Å². The average Bonchev–Trinajstić information content (AvgIpc) is 2.03. The Morgan fingerprint density at radius 3 is 2.64 bits per heavy atom. The van der Waals surface area contributed by atoms with Crippen molar-refractivity contribution in [1.29, 1.82) is 0 Å². The van der Waals surface area contributed by atoms with Crippen molar-refractivity contribution in [2.24, 2.45) is 0 Å². The van der Waals surface area contributed by atoms with E-state index in [2.05, 4.69) is 11.2 Å². The Balaban J connectivity index is 3.82. The summed E-state index contributed by atoms with van der Waals surface area (Å²) in [7, 11) is 0. The molecule has 1 N–H and O–H groups in total. The molecule has 1 amide bonds. The second-order valence-corrected chi connectivity index (χ2v) is 2.13. The quantitative estimate of drug-likeness (QED) is 0.583. The number of carbonyl (C=O) groups excluding carboxylic acids is 1. The molecule has 0 aliphatic heterocycles. The van der Waals surface area contributed by atoms with Crippen LogP contribution in [0.15, 0.2) is 0 Å². The van der Waals surface area contributed by atoms with Gasteiger partial charge >= 0.3 is 0 Å². The zero-order valence-corrected chi connectivity index (χ0v) is 6.55. The number of terminal acetylenes is 2. The molecule has 0 heterocycles. The number of carbonyl (C=O) groups is 1. The summed E-state index contributed by atoms with van der Waals surface area (Å²) in [5.41, 5.74) is 0. The first-order chi connectivity index (χ1) is 5.24. The standard InChI is InChI=1S/C9H11NO/c1-4-7-8(5-2)10-9(11)6-3/h2-3,8H,4,7H2,1H3,(H,10,11). The summed E-state index contributed by atoms with van der Waals surface area (Å²) in [5.74, 6) is 3.94. The molecule has 0 aliphatic rings. The minimum Gasteiger partial charge on any atom is -0.332 e. The van der Waals surface area contributed by atoms with Gasteiger partial charge in [-0.3, -0.25) is 4.79 Å². The van der Waals surface area contributed by atoms with Gasteiger partial charge in [0.2, 0.25) is 0 Å². The van der Waals surface area contributed by atoms with Crippen LogP contribution in [0.25, 0.3) is 0 Å². The van der Waals surface area contributed by atoms with E-state index < -0.39 is 5.91 Å². The Labute approximate surface area is 67.4 Å². The molecule has 0 spiro atoms. The predicted octanol–water partition coefficient (Wildman–Crippen LogP) is 0.538. The van der Waals surface area contributed by atoms with Crippen LogP contribution < -0.4 is 5.32 Å². The lowest BCUT2D eigenvalue weighted by Crippen LogP contribution is -2.32. The van der Waals surface area contributed by atoms with E-state index in [0.29, 0.717) is 0 Å². The fourth-order valence-electron chi connectivity index (χ4n) is 0.686. The third-order valence-electron chi connectivity index (χ3n) is 1.21. The normalized spacial score (nSPS) is 10.8. The van der Waals surface area contributed by atoms with Crippen molar-refractivity contribution in [3.63, 3.8) is 0 Å². The van der Waals surface area contributed by atoms with E-state index in [1.807, 2.05) is 12.8 Å². The molecule has 1 unspecified atom stereocenters. The van der Waals surface area contributed by atoms with Crippen LogP contribution in [-0.4, -0.2) is 11.9 Å². The van der Waals surface area contributed by atoms with Crippen LogP contribution in [0.3, 0.4) is 0 Å². The van der Waals surface area contributed by atoms with Crippen LogP contribution in [0.4, 0.5) is 0 Å². The van der Waals surface area contributed by atoms with E-state index in [1.165, 1.54) is 0 Å². The topological polar surface area (TPSA) is 29.1 Å².